The Labute approximate surface area is 213 Å². The first-order valence-corrected chi connectivity index (χ1v) is 13.8. The van der Waals surface area contributed by atoms with E-state index in [1.54, 1.807) is 0 Å². The monoisotopic (exact) mass is 539 g/mol. The molecule has 36 heavy (non-hydrogen) atoms. The van der Waals surface area contributed by atoms with Crippen LogP contribution in [0.5, 0.6) is 0 Å². The Morgan fingerprint density at radius 2 is 1.47 bits per heavy atom. The van der Waals surface area contributed by atoms with Crippen molar-refractivity contribution in [3.05, 3.63) is 12.2 Å². The molecule has 0 aliphatic carbocycles. The van der Waals surface area contributed by atoms with E-state index in [9.17, 15) is 23.8 Å². The number of ketones is 1. The number of rotatable bonds is 25. The molecule has 0 bridgehead atoms. The van der Waals surface area contributed by atoms with Crippen molar-refractivity contribution in [1.82, 2.24) is 0 Å². The molecule has 0 aromatic heterocycles. The van der Waals surface area contributed by atoms with Gasteiger partial charge in [0.2, 0.25) is 5.78 Å². The van der Waals surface area contributed by atoms with E-state index in [0.717, 1.165) is 25.9 Å². The van der Waals surface area contributed by atoms with Crippen LogP contribution >= 0.6 is 7.82 Å². The third kappa shape index (κ3) is 21.6. The van der Waals surface area contributed by atoms with Gasteiger partial charge in [0.25, 0.3) is 0 Å². The highest BCUT2D eigenvalue weighted by Crippen LogP contribution is 2.43. The standard InChI is InChI=1S/C23H42NO11P/c1-2-3-4-7-13-31-15-9-10-16-32-14-8-5-6-12-21(25)23(28)33-17-11-18-34-36(29,30)35-19-20(24)22(26)27/h9-10,20H,2-8,11-19,24H2,1H3,(H,26,27)(H,29,30)/b10-9-/t20-/m0/s1. The summed E-state index contributed by atoms with van der Waals surface area (Å²) in [5.41, 5.74) is 5.15. The quantitative estimate of drug-likeness (QED) is 0.0508. The zero-order valence-electron chi connectivity index (χ0n) is 21.1. The van der Waals surface area contributed by atoms with Gasteiger partial charge in [-0.05, 0) is 19.3 Å². The van der Waals surface area contributed by atoms with Crippen LogP contribution in [0.3, 0.4) is 0 Å². The highest BCUT2D eigenvalue weighted by molar-refractivity contribution is 7.47. The maximum absolute atomic E-state index is 11.8. The van der Waals surface area contributed by atoms with Gasteiger partial charge in [-0.1, -0.05) is 44.8 Å². The van der Waals surface area contributed by atoms with E-state index in [2.05, 4.69) is 16.0 Å². The number of unbranched alkanes of at least 4 members (excludes halogenated alkanes) is 5. The maximum Gasteiger partial charge on any atom is 0.472 e. The first-order chi connectivity index (χ1) is 17.2. The minimum absolute atomic E-state index is 0.0365. The van der Waals surface area contributed by atoms with E-state index >= 15 is 0 Å². The van der Waals surface area contributed by atoms with Gasteiger partial charge in [0.05, 0.1) is 33.0 Å². The van der Waals surface area contributed by atoms with Gasteiger partial charge in [-0.3, -0.25) is 18.6 Å². The van der Waals surface area contributed by atoms with Gasteiger partial charge >= 0.3 is 19.8 Å². The summed E-state index contributed by atoms with van der Waals surface area (Å²) in [5, 5.41) is 8.58. The SMILES string of the molecule is CCCCCCOC/C=C\COCCCCCC(=O)C(=O)OCCCOP(=O)(O)OC[C@H](N)C(=O)O. The number of carboxylic acid groups (broad SMARTS) is 1. The summed E-state index contributed by atoms with van der Waals surface area (Å²) in [7, 11) is -4.48. The molecule has 0 spiro atoms. The molecule has 0 aliphatic heterocycles. The maximum atomic E-state index is 11.8. The molecule has 0 aromatic rings. The van der Waals surface area contributed by atoms with Crippen LogP contribution in [0.25, 0.3) is 0 Å². The lowest BCUT2D eigenvalue weighted by Crippen LogP contribution is -2.34. The Kier molecular flexibility index (Phi) is 21.5. The topological polar surface area (TPSA) is 181 Å². The Morgan fingerprint density at radius 1 is 0.861 bits per heavy atom. The summed E-state index contributed by atoms with van der Waals surface area (Å²) in [4.78, 5) is 43.4. The van der Waals surface area contributed by atoms with E-state index in [0.29, 0.717) is 26.2 Å². The first kappa shape index (κ1) is 34.3. The van der Waals surface area contributed by atoms with Crippen molar-refractivity contribution in [2.24, 2.45) is 5.73 Å². The van der Waals surface area contributed by atoms with Crippen molar-refractivity contribution in [3.63, 3.8) is 0 Å². The highest BCUT2D eigenvalue weighted by Gasteiger charge is 2.24. The summed E-state index contributed by atoms with van der Waals surface area (Å²) in [6.07, 6.45) is 10.7. The van der Waals surface area contributed by atoms with E-state index in [1.807, 2.05) is 12.2 Å². The summed E-state index contributed by atoms with van der Waals surface area (Å²) >= 11 is 0. The second-order valence-corrected chi connectivity index (χ2v) is 9.40. The predicted octanol–water partition coefficient (Wildman–Crippen LogP) is 2.76. The van der Waals surface area contributed by atoms with Crippen LogP contribution in [0.15, 0.2) is 12.2 Å². The molecule has 0 saturated heterocycles. The van der Waals surface area contributed by atoms with E-state index < -0.39 is 38.2 Å². The van der Waals surface area contributed by atoms with Crippen LogP contribution in [0.1, 0.15) is 64.7 Å². The molecule has 0 amide bonds. The summed E-state index contributed by atoms with van der Waals surface area (Å²) in [6, 6.07) is -1.47. The van der Waals surface area contributed by atoms with Gasteiger partial charge in [-0.25, -0.2) is 9.36 Å². The average Bonchev–Trinajstić information content (AvgIpc) is 2.84. The summed E-state index contributed by atoms with van der Waals surface area (Å²) in [5.74, 6) is -3.01. The molecule has 0 rings (SSSR count). The number of ether oxygens (including phenoxy) is 3. The molecule has 0 heterocycles. The molecule has 0 aliphatic rings. The first-order valence-electron chi connectivity index (χ1n) is 12.3. The Hall–Kier alpha value is -1.66. The number of phosphoric ester groups is 1. The second kappa shape index (κ2) is 22.5. The minimum Gasteiger partial charge on any atom is -0.480 e. The van der Waals surface area contributed by atoms with Crippen LogP contribution in [0, 0.1) is 0 Å². The molecule has 0 saturated carbocycles. The average molecular weight is 540 g/mol. The number of carboxylic acids is 1. The number of nitrogens with two attached hydrogens (primary N) is 1. The lowest BCUT2D eigenvalue weighted by molar-refractivity contribution is -0.154. The van der Waals surface area contributed by atoms with Gasteiger partial charge in [-0.2, -0.15) is 0 Å². The van der Waals surface area contributed by atoms with Crippen LogP contribution in [0.2, 0.25) is 0 Å². The zero-order chi connectivity index (χ0) is 27.1. The number of esters is 1. The molecule has 1 unspecified atom stereocenters. The summed E-state index contributed by atoms with van der Waals surface area (Å²) < 4.78 is 36.4. The molecule has 0 fully saturated rings. The Bertz CT molecular complexity index is 687. The molecule has 0 radical (unpaired) electrons. The van der Waals surface area contributed by atoms with Crippen LogP contribution in [-0.4, -0.2) is 80.0 Å². The van der Waals surface area contributed by atoms with Crippen molar-refractivity contribution in [1.29, 1.82) is 0 Å². The van der Waals surface area contributed by atoms with Crippen LogP contribution in [-0.2, 0) is 42.2 Å². The Morgan fingerprint density at radius 3 is 2.06 bits per heavy atom. The Balaban J connectivity index is 3.61. The molecule has 12 nitrogen and oxygen atoms in total. The van der Waals surface area contributed by atoms with Gasteiger partial charge in [0.15, 0.2) is 0 Å². The number of Topliss-reactive ketones (excluding diaryl/α,β-unsaturated/α-hetero) is 1. The van der Waals surface area contributed by atoms with Gasteiger partial charge in [-0.15, -0.1) is 0 Å². The lowest BCUT2D eigenvalue weighted by atomic mass is 10.1. The van der Waals surface area contributed by atoms with Crippen molar-refractivity contribution in [3.8, 4) is 0 Å². The number of hydrogen-bond donors (Lipinski definition) is 3. The van der Waals surface area contributed by atoms with Gasteiger partial charge in [0.1, 0.15) is 6.04 Å². The molecule has 0 aromatic carbocycles. The number of carbonyl (C=O) groups is 3. The van der Waals surface area contributed by atoms with Gasteiger partial charge < -0.3 is 29.9 Å². The number of carbonyl (C=O) groups excluding carboxylic acids is 2. The molecule has 4 N–H and O–H groups in total. The fraction of sp³-hybridized carbons (Fsp3) is 0.783. The normalized spacial score (nSPS) is 14.0. The summed E-state index contributed by atoms with van der Waals surface area (Å²) in [6.45, 7) is 3.40. The van der Waals surface area contributed by atoms with E-state index in [-0.39, 0.29) is 26.1 Å². The largest absolute Gasteiger partial charge is 0.480 e. The van der Waals surface area contributed by atoms with E-state index in [4.69, 9.17) is 25.1 Å². The number of phosphoric acid groups is 1. The number of aliphatic carboxylic acids is 1. The van der Waals surface area contributed by atoms with Crippen molar-refractivity contribution >= 4 is 25.5 Å². The third-order valence-corrected chi connectivity index (χ3v) is 5.65. The highest BCUT2D eigenvalue weighted by atomic mass is 31.2. The zero-order valence-corrected chi connectivity index (χ0v) is 22.0. The van der Waals surface area contributed by atoms with E-state index in [1.165, 1.54) is 19.3 Å². The van der Waals surface area contributed by atoms with Crippen molar-refractivity contribution in [2.45, 2.75) is 70.8 Å². The minimum atomic E-state index is -4.48. The van der Waals surface area contributed by atoms with Crippen LogP contribution in [0.4, 0.5) is 0 Å². The molecule has 210 valence electrons. The van der Waals surface area contributed by atoms with Crippen molar-refractivity contribution < 1.29 is 52.2 Å². The third-order valence-electron chi connectivity index (χ3n) is 4.67. The smallest absolute Gasteiger partial charge is 0.472 e. The fourth-order valence-corrected chi connectivity index (χ4v) is 3.39. The predicted molar refractivity (Wildman–Crippen MR) is 131 cm³/mol. The van der Waals surface area contributed by atoms with Gasteiger partial charge in [0, 0.05) is 26.1 Å². The van der Waals surface area contributed by atoms with Crippen LogP contribution < -0.4 is 5.73 Å². The lowest BCUT2D eigenvalue weighted by Gasteiger charge is -2.13. The fourth-order valence-electron chi connectivity index (χ4n) is 2.61. The molecular weight excluding hydrogens is 497 g/mol. The molecule has 13 heteroatoms. The molecular formula is C23H42NO11P. The molecule has 2 atom stereocenters. The van der Waals surface area contributed by atoms with Crippen molar-refractivity contribution in [2.75, 3.05) is 46.2 Å². The second-order valence-electron chi connectivity index (χ2n) is 7.95. The number of hydrogen-bond acceptors (Lipinski definition) is 10.